The summed E-state index contributed by atoms with van der Waals surface area (Å²) in [5.41, 5.74) is 0.257. The summed E-state index contributed by atoms with van der Waals surface area (Å²) in [5, 5.41) is 12.1. The largest absolute Gasteiger partial charge is 0.497 e. The summed E-state index contributed by atoms with van der Waals surface area (Å²) in [5.74, 6) is -0.0352. The molecule has 1 aliphatic rings. The molecule has 1 unspecified atom stereocenters. The minimum atomic E-state index is -0.852. The van der Waals surface area contributed by atoms with Crippen molar-refractivity contribution < 1.29 is 19.4 Å². The second-order valence-corrected chi connectivity index (χ2v) is 7.86. The molecule has 138 valence electrons. The van der Waals surface area contributed by atoms with E-state index in [0.29, 0.717) is 19.5 Å². The molecule has 6 nitrogen and oxygen atoms in total. The molecular formula is C19H22N2O4S. The van der Waals surface area contributed by atoms with Gasteiger partial charge in [-0.3, -0.25) is 4.79 Å². The van der Waals surface area contributed by atoms with Crippen LogP contribution in [-0.2, 0) is 11.3 Å². The summed E-state index contributed by atoms with van der Waals surface area (Å²) in [6, 6.07) is 11.7. The van der Waals surface area contributed by atoms with Crippen LogP contribution in [0.2, 0.25) is 0 Å². The Kier molecular flexibility index (Phi) is 5.18. The van der Waals surface area contributed by atoms with E-state index >= 15 is 0 Å². The number of hydrogen-bond acceptors (Lipinski definition) is 4. The van der Waals surface area contributed by atoms with Gasteiger partial charge < -0.3 is 20.1 Å². The zero-order chi connectivity index (χ0) is 18.7. The molecule has 0 spiro atoms. The van der Waals surface area contributed by atoms with Crippen LogP contribution in [0, 0.1) is 5.41 Å². The monoisotopic (exact) mass is 374 g/mol. The van der Waals surface area contributed by atoms with Gasteiger partial charge >= 0.3 is 12.0 Å². The first kappa shape index (κ1) is 18.3. The van der Waals surface area contributed by atoms with E-state index in [4.69, 9.17) is 4.74 Å². The molecule has 1 atom stereocenters. The van der Waals surface area contributed by atoms with Crippen LogP contribution >= 0.6 is 11.3 Å². The molecule has 0 bridgehead atoms. The number of rotatable bonds is 5. The molecule has 2 amide bonds. The first-order chi connectivity index (χ1) is 12.4. The molecule has 7 heteroatoms. The second-order valence-electron chi connectivity index (χ2n) is 6.69. The molecule has 1 saturated heterocycles. The highest BCUT2D eigenvalue weighted by atomic mass is 32.1. The maximum Gasteiger partial charge on any atom is 0.317 e. The van der Waals surface area contributed by atoms with Gasteiger partial charge in [0.2, 0.25) is 0 Å². The standard InChI is InChI=1S/C19H22N2O4S/c1-19(17(22)23)9-10-21(12-19)18(24)20-11-15-7-8-16(26-15)13-3-5-14(25-2)6-4-13/h3-8H,9-12H2,1-2H3,(H,20,24)(H,22,23). The predicted molar refractivity (Wildman–Crippen MR) is 100 cm³/mol. The third-order valence-electron chi connectivity index (χ3n) is 4.73. The molecule has 2 aromatic rings. The molecule has 2 N–H and O–H groups in total. The Bertz CT molecular complexity index is 802. The minimum absolute atomic E-state index is 0.214. The Labute approximate surface area is 156 Å². The Morgan fingerprint density at radius 1 is 1.27 bits per heavy atom. The summed E-state index contributed by atoms with van der Waals surface area (Å²) in [6.45, 7) is 2.83. The molecule has 1 aliphatic heterocycles. The lowest BCUT2D eigenvalue weighted by atomic mass is 9.90. The molecule has 0 saturated carbocycles. The van der Waals surface area contributed by atoms with Crippen molar-refractivity contribution in [1.29, 1.82) is 0 Å². The molecule has 3 rings (SSSR count). The number of ether oxygens (including phenoxy) is 1. The Hall–Kier alpha value is -2.54. The van der Waals surface area contributed by atoms with Gasteiger partial charge in [0.1, 0.15) is 5.75 Å². The van der Waals surface area contributed by atoms with Crippen LogP contribution in [0.25, 0.3) is 10.4 Å². The maximum atomic E-state index is 12.3. The van der Waals surface area contributed by atoms with E-state index in [1.54, 1.807) is 30.3 Å². The van der Waals surface area contributed by atoms with Gasteiger partial charge in [0.25, 0.3) is 0 Å². The number of likely N-dealkylation sites (tertiary alicyclic amines) is 1. The van der Waals surface area contributed by atoms with Gasteiger partial charge in [-0.2, -0.15) is 0 Å². The van der Waals surface area contributed by atoms with E-state index in [1.807, 2.05) is 36.4 Å². The minimum Gasteiger partial charge on any atom is -0.497 e. The normalized spacial score (nSPS) is 19.4. The number of urea groups is 1. The summed E-state index contributed by atoms with van der Waals surface area (Å²) >= 11 is 1.62. The molecule has 1 fully saturated rings. The van der Waals surface area contributed by atoms with Crippen LogP contribution in [0.4, 0.5) is 4.79 Å². The number of carboxylic acids is 1. The lowest BCUT2D eigenvalue weighted by Gasteiger charge is -2.20. The highest BCUT2D eigenvalue weighted by molar-refractivity contribution is 7.15. The van der Waals surface area contributed by atoms with Gasteiger partial charge in [-0.25, -0.2) is 4.79 Å². The van der Waals surface area contributed by atoms with E-state index in [0.717, 1.165) is 21.1 Å². The van der Waals surface area contributed by atoms with Crippen LogP contribution in [0.3, 0.4) is 0 Å². The zero-order valence-corrected chi connectivity index (χ0v) is 15.6. The summed E-state index contributed by atoms with van der Waals surface area (Å²) in [4.78, 5) is 27.3. The quantitative estimate of drug-likeness (QED) is 0.840. The maximum absolute atomic E-state index is 12.3. The molecule has 1 aromatic carbocycles. The number of methoxy groups -OCH3 is 1. The Balaban J connectivity index is 1.56. The number of thiophene rings is 1. The van der Waals surface area contributed by atoms with Crippen molar-refractivity contribution in [3.63, 3.8) is 0 Å². The van der Waals surface area contributed by atoms with Crippen LogP contribution in [0.5, 0.6) is 5.75 Å². The number of nitrogens with one attached hydrogen (secondary N) is 1. The number of carbonyl (C=O) groups excluding carboxylic acids is 1. The Morgan fingerprint density at radius 3 is 2.62 bits per heavy atom. The van der Waals surface area contributed by atoms with Gasteiger partial charge in [-0.15, -0.1) is 11.3 Å². The fraction of sp³-hybridized carbons (Fsp3) is 0.368. The average Bonchev–Trinajstić information content (AvgIpc) is 3.27. The van der Waals surface area contributed by atoms with E-state index in [9.17, 15) is 14.7 Å². The SMILES string of the molecule is COc1ccc(-c2ccc(CNC(=O)N3CCC(C)(C(=O)O)C3)s2)cc1. The third-order valence-corrected chi connectivity index (χ3v) is 5.86. The average molecular weight is 374 g/mol. The fourth-order valence-electron chi connectivity index (χ4n) is 2.97. The first-order valence-corrected chi connectivity index (χ1v) is 9.22. The molecule has 2 heterocycles. The van der Waals surface area contributed by atoms with Crippen molar-refractivity contribution >= 4 is 23.3 Å². The highest BCUT2D eigenvalue weighted by Crippen LogP contribution is 2.31. The smallest absolute Gasteiger partial charge is 0.317 e. The number of carbonyl (C=O) groups is 2. The van der Waals surface area contributed by atoms with Crippen LogP contribution < -0.4 is 10.1 Å². The van der Waals surface area contributed by atoms with Crippen LogP contribution in [0.1, 0.15) is 18.2 Å². The topological polar surface area (TPSA) is 78.9 Å². The number of nitrogens with zero attached hydrogens (tertiary/aromatic N) is 1. The zero-order valence-electron chi connectivity index (χ0n) is 14.8. The van der Waals surface area contributed by atoms with E-state index in [-0.39, 0.29) is 12.6 Å². The van der Waals surface area contributed by atoms with E-state index < -0.39 is 11.4 Å². The molecule has 26 heavy (non-hydrogen) atoms. The van der Waals surface area contributed by atoms with Crippen molar-refractivity contribution in [1.82, 2.24) is 10.2 Å². The summed E-state index contributed by atoms with van der Waals surface area (Å²) in [6.07, 6.45) is 0.483. The van der Waals surface area contributed by atoms with E-state index in [1.165, 1.54) is 0 Å². The van der Waals surface area contributed by atoms with Crippen molar-refractivity contribution in [2.45, 2.75) is 19.9 Å². The number of hydrogen-bond donors (Lipinski definition) is 2. The van der Waals surface area contributed by atoms with Crippen molar-refractivity contribution in [3.8, 4) is 16.2 Å². The predicted octanol–water partition coefficient (Wildman–Crippen LogP) is 3.43. The van der Waals surface area contributed by atoms with Crippen LogP contribution in [-0.4, -0.2) is 42.2 Å². The second kappa shape index (κ2) is 7.37. The lowest BCUT2D eigenvalue weighted by Crippen LogP contribution is -2.40. The number of benzene rings is 1. The lowest BCUT2D eigenvalue weighted by molar-refractivity contribution is -0.147. The third kappa shape index (κ3) is 3.83. The number of aliphatic carboxylic acids is 1. The summed E-state index contributed by atoms with van der Waals surface area (Å²) in [7, 11) is 1.64. The fourth-order valence-corrected chi connectivity index (χ4v) is 3.92. The van der Waals surface area contributed by atoms with E-state index in [2.05, 4.69) is 5.32 Å². The number of amides is 2. The van der Waals surface area contributed by atoms with Crippen molar-refractivity contribution in [2.24, 2.45) is 5.41 Å². The van der Waals surface area contributed by atoms with Gasteiger partial charge in [-0.05, 0) is 55.3 Å². The van der Waals surface area contributed by atoms with Crippen LogP contribution in [0.15, 0.2) is 36.4 Å². The number of carboxylic acid groups (broad SMARTS) is 1. The van der Waals surface area contributed by atoms with Gasteiger partial charge in [-0.1, -0.05) is 0 Å². The molecular weight excluding hydrogens is 352 g/mol. The Morgan fingerprint density at radius 2 is 2.00 bits per heavy atom. The molecule has 0 aliphatic carbocycles. The summed E-state index contributed by atoms with van der Waals surface area (Å²) < 4.78 is 5.17. The molecule has 1 aromatic heterocycles. The van der Waals surface area contributed by atoms with Gasteiger partial charge in [0.15, 0.2) is 0 Å². The highest BCUT2D eigenvalue weighted by Gasteiger charge is 2.42. The van der Waals surface area contributed by atoms with Crippen molar-refractivity contribution in [3.05, 3.63) is 41.3 Å². The molecule has 0 radical (unpaired) electrons. The first-order valence-electron chi connectivity index (χ1n) is 8.40. The van der Waals surface area contributed by atoms with Gasteiger partial charge in [0.05, 0.1) is 19.1 Å². The van der Waals surface area contributed by atoms with Gasteiger partial charge in [0, 0.05) is 22.8 Å². The van der Waals surface area contributed by atoms with Crippen molar-refractivity contribution in [2.75, 3.05) is 20.2 Å².